The van der Waals surface area contributed by atoms with E-state index >= 15 is 0 Å². The highest BCUT2D eigenvalue weighted by atomic mass is 16.5. The van der Waals surface area contributed by atoms with E-state index in [0.29, 0.717) is 31.3 Å². The van der Waals surface area contributed by atoms with Crippen LogP contribution >= 0.6 is 0 Å². The molecule has 1 fully saturated rings. The minimum absolute atomic E-state index is 0.00343. The van der Waals surface area contributed by atoms with Crippen molar-refractivity contribution in [3.63, 3.8) is 0 Å². The number of anilines is 1. The molecule has 7 heteroatoms. The number of carbonyl (C=O) groups excluding carboxylic acids is 2. The van der Waals surface area contributed by atoms with E-state index in [1.54, 1.807) is 23.2 Å². The predicted molar refractivity (Wildman–Crippen MR) is 103 cm³/mol. The zero-order valence-corrected chi connectivity index (χ0v) is 15.6. The molecule has 2 aliphatic heterocycles. The molecule has 2 aromatic rings. The Kier molecular flexibility index (Phi) is 5.53. The summed E-state index contributed by atoms with van der Waals surface area (Å²) in [6.07, 6.45) is 3.41. The summed E-state index contributed by atoms with van der Waals surface area (Å²) >= 11 is 0. The van der Waals surface area contributed by atoms with E-state index in [9.17, 15) is 9.59 Å². The minimum Gasteiger partial charge on any atom is -0.480 e. The van der Waals surface area contributed by atoms with Gasteiger partial charge in [-0.3, -0.25) is 14.5 Å². The first-order valence-electron chi connectivity index (χ1n) is 9.52. The monoisotopic (exact) mass is 381 g/mol. The summed E-state index contributed by atoms with van der Waals surface area (Å²) in [5, 5.41) is 0. The van der Waals surface area contributed by atoms with Crippen molar-refractivity contribution in [3.05, 3.63) is 54.2 Å². The van der Waals surface area contributed by atoms with Gasteiger partial charge >= 0.3 is 0 Å². The number of fused-ring (bicyclic) bond motifs is 1. The van der Waals surface area contributed by atoms with E-state index in [2.05, 4.69) is 4.98 Å². The molecule has 1 unspecified atom stereocenters. The van der Waals surface area contributed by atoms with Crippen LogP contribution in [0.3, 0.4) is 0 Å². The third-order valence-corrected chi connectivity index (χ3v) is 5.01. The van der Waals surface area contributed by atoms with Crippen molar-refractivity contribution in [2.75, 3.05) is 31.1 Å². The Labute approximate surface area is 163 Å². The fraction of sp³-hybridized carbons (Fsp3) is 0.381. The third kappa shape index (κ3) is 4.14. The maximum Gasteiger partial charge on any atom is 0.266 e. The fourth-order valence-corrected chi connectivity index (χ4v) is 3.52. The molecular weight excluding hydrogens is 358 g/mol. The lowest BCUT2D eigenvalue weighted by atomic mass is 10.1. The number of benzene rings is 1. The summed E-state index contributed by atoms with van der Waals surface area (Å²) in [5.74, 6) is 0.576. The number of ether oxygens (including phenoxy) is 2. The molecule has 3 heterocycles. The smallest absolute Gasteiger partial charge is 0.266 e. The molecule has 1 aromatic heterocycles. The molecule has 146 valence electrons. The van der Waals surface area contributed by atoms with Crippen LogP contribution < -0.4 is 9.64 Å². The van der Waals surface area contributed by atoms with E-state index in [1.807, 2.05) is 30.3 Å². The minimum atomic E-state index is -0.256. The van der Waals surface area contributed by atoms with Crippen molar-refractivity contribution in [1.29, 1.82) is 0 Å². The van der Waals surface area contributed by atoms with Gasteiger partial charge in [-0.1, -0.05) is 30.3 Å². The molecule has 0 radical (unpaired) electrons. The van der Waals surface area contributed by atoms with Crippen LogP contribution in [0.5, 0.6) is 5.75 Å². The Morgan fingerprint density at radius 2 is 2.07 bits per heavy atom. The van der Waals surface area contributed by atoms with E-state index in [1.165, 1.54) is 4.90 Å². The van der Waals surface area contributed by atoms with Gasteiger partial charge in [0.05, 0.1) is 12.7 Å². The van der Waals surface area contributed by atoms with Crippen molar-refractivity contribution in [1.82, 2.24) is 9.88 Å². The lowest BCUT2D eigenvalue weighted by Crippen LogP contribution is -2.50. The molecule has 7 nitrogen and oxygen atoms in total. The van der Waals surface area contributed by atoms with Crippen LogP contribution in [0.25, 0.3) is 0 Å². The number of aromatic nitrogens is 1. The third-order valence-electron chi connectivity index (χ3n) is 5.01. The Balaban J connectivity index is 1.36. The van der Waals surface area contributed by atoms with Gasteiger partial charge in [-0.25, -0.2) is 4.98 Å². The van der Waals surface area contributed by atoms with Gasteiger partial charge in [0.1, 0.15) is 6.54 Å². The van der Waals surface area contributed by atoms with Crippen LogP contribution in [0.4, 0.5) is 5.82 Å². The van der Waals surface area contributed by atoms with Crippen molar-refractivity contribution >= 4 is 17.6 Å². The number of carbonyl (C=O) groups is 2. The second kappa shape index (κ2) is 8.39. The Hall–Kier alpha value is -2.93. The number of hydrogen-bond acceptors (Lipinski definition) is 5. The van der Waals surface area contributed by atoms with Gasteiger partial charge in [0.25, 0.3) is 5.91 Å². The molecule has 1 aromatic carbocycles. The van der Waals surface area contributed by atoms with Crippen LogP contribution in [0, 0.1) is 0 Å². The standard InChI is InChI=1S/C21H23N3O4/c25-19(13-24-20(26)15-28-18-9-4-10-22-21(18)24)23-11-5-8-17(12-23)27-14-16-6-2-1-3-7-16/h1-4,6-7,9-10,17H,5,8,11-15H2. The van der Waals surface area contributed by atoms with E-state index in [-0.39, 0.29) is 31.1 Å². The number of amides is 2. The molecule has 4 rings (SSSR count). The molecular formula is C21H23N3O4. The first kappa shape index (κ1) is 18.4. The molecule has 0 aliphatic carbocycles. The second-order valence-electron chi connectivity index (χ2n) is 6.99. The molecule has 2 amide bonds. The van der Waals surface area contributed by atoms with E-state index < -0.39 is 0 Å². The second-order valence-corrected chi connectivity index (χ2v) is 6.99. The van der Waals surface area contributed by atoms with Gasteiger partial charge in [-0.15, -0.1) is 0 Å². The van der Waals surface area contributed by atoms with Gasteiger partial charge in [-0.2, -0.15) is 0 Å². The average molecular weight is 381 g/mol. The van der Waals surface area contributed by atoms with Crippen LogP contribution in [0.1, 0.15) is 18.4 Å². The Morgan fingerprint density at radius 1 is 1.21 bits per heavy atom. The lowest BCUT2D eigenvalue weighted by molar-refractivity contribution is -0.135. The normalized spacial score (nSPS) is 19.1. The SMILES string of the molecule is O=C(CN1C(=O)COc2cccnc21)N1CCCC(OCc2ccccc2)C1. The number of nitrogens with zero attached hydrogens (tertiary/aromatic N) is 3. The zero-order chi connectivity index (χ0) is 19.3. The molecule has 28 heavy (non-hydrogen) atoms. The van der Waals surface area contributed by atoms with Crippen molar-refractivity contribution in [3.8, 4) is 5.75 Å². The molecule has 1 saturated heterocycles. The van der Waals surface area contributed by atoms with Crippen LogP contribution in [0.2, 0.25) is 0 Å². The highest BCUT2D eigenvalue weighted by Crippen LogP contribution is 2.29. The Bertz CT molecular complexity index is 843. The van der Waals surface area contributed by atoms with Crippen molar-refractivity contribution in [2.24, 2.45) is 0 Å². The lowest BCUT2D eigenvalue weighted by Gasteiger charge is -2.35. The summed E-state index contributed by atoms with van der Waals surface area (Å²) in [4.78, 5) is 32.5. The van der Waals surface area contributed by atoms with Crippen LogP contribution in [0.15, 0.2) is 48.7 Å². The quantitative estimate of drug-likeness (QED) is 0.792. The fourth-order valence-electron chi connectivity index (χ4n) is 3.52. The molecule has 0 saturated carbocycles. The summed E-state index contributed by atoms with van der Waals surface area (Å²) < 4.78 is 11.4. The van der Waals surface area contributed by atoms with Gasteiger partial charge in [0, 0.05) is 19.3 Å². The van der Waals surface area contributed by atoms with Crippen LogP contribution in [-0.4, -0.2) is 54.0 Å². The number of likely N-dealkylation sites (tertiary alicyclic amines) is 1. The predicted octanol–water partition coefficient (Wildman–Crippen LogP) is 2.01. The first-order chi connectivity index (χ1) is 13.7. The van der Waals surface area contributed by atoms with Gasteiger partial charge in [-0.05, 0) is 30.5 Å². The number of piperidine rings is 1. The first-order valence-corrected chi connectivity index (χ1v) is 9.52. The van der Waals surface area contributed by atoms with Gasteiger partial charge in [0.15, 0.2) is 18.2 Å². The topological polar surface area (TPSA) is 72.0 Å². The van der Waals surface area contributed by atoms with E-state index in [0.717, 1.165) is 18.4 Å². The zero-order valence-electron chi connectivity index (χ0n) is 15.6. The Morgan fingerprint density at radius 3 is 2.93 bits per heavy atom. The van der Waals surface area contributed by atoms with Crippen LogP contribution in [-0.2, 0) is 20.9 Å². The highest BCUT2D eigenvalue weighted by Gasteiger charge is 2.31. The summed E-state index contributed by atoms with van der Waals surface area (Å²) in [7, 11) is 0. The average Bonchev–Trinajstić information content (AvgIpc) is 2.75. The number of hydrogen-bond donors (Lipinski definition) is 0. The molecule has 1 atom stereocenters. The summed E-state index contributed by atoms with van der Waals surface area (Å²) in [5.41, 5.74) is 1.12. The maximum absolute atomic E-state index is 12.8. The van der Waals surface area contributed by atoms with Crippen molar-refractivity contribution in [2.45, 2.75) is 25.6 Å². The highest BCUT2D eigenvalue weighted by molar-refractivity contribution is 6.01. The summed E-state index contributed by atoms with van der Waals surface area (Å²) in [6.45, 7) is 1.65. The van der Waals surface area contributed by atoms with Crippen molar-refractivity contribution < 1.29 is 19.1 Å². The summed E-state index contributed by atoms with van der Waals surface area (Å²) in [6, 6.07) is 13.5. The maximum atomic E-state index is 12.8. The molecule has 0 N–H and O–H groups in total. The van der Waals surface area contributed by atoms with E-state index in [4.69, 9.17) is 9.47 Å². The molecule has 2 aliphatic rings. The molecule has 0 bridgehead atoms. The van der Waals surface area contributed by atoms with Gasteiger partial charge < -0.3 is 14.4 Å². The largest absolute Gasteiger partial charge is 0.480 e. The number of rotatable bonds is 5. The molecule has 0 spiro atoms. The number of pyridine rings is 1. The van der Waals surface area contributed by atoms with Gasteiger partial charge in [0.2, 0.25) is 5.91 Å².